The van der Waals surface area contributed by atoms with Gasteiger partial charge in [0.1, 0.15) is 0 Å². The molecule has 0 N–H and O–H groups in total. The topological polar surface area (TPSA) is 0 Å². The summed E-state index contributed by atoms with van der Waals surface area (Å²) in [6, 6.07) is 8.50. The first-order valence-electron chi connectivity index (χ1n) is 2.86. The van der Waals surface area contributed by atoms with Crippen molar-refractivity contribution >= 4 is 28.3 Å². The molecule has 0 nitrogen and oxygen atoms in total. The molecule has 0 radical (unpaired) electrons. The van der Waals surface area contributed by atoms with Crippen LogP contribution >= 0.6 is 28.3 Å². The van der Waals surface area contributed by atoms with E-state index < -0.39 is 0 Å². The van der Waals surface area contributed by atoms with Gasteiger partial charge in [0, 0.05) is 0 Å². The van der Waals surface area contributed by atoms with Gasteiger partial charge in [0.25, 0.3) is 0 Å². The van der Waals surface area contributed by atoms with Crippen LogP contribution < -0.4 is 0 Å². The molecule has 0 aromatic heterocycles. The zero-order valence-electron chi connectivity index (χ0n) is 5.51. The second kappa shape index (κ2) is 5.29. The maximum atomic E-state index is 3.38. The van der Waals surface area contributed by atoms with E-state index in [4.69, 9.17) is 0 Å². The van der Waals surface area contributed by atoms with E-state index in [9.17, 15) is 0 Å². The van der Waals surface area contributed by atoms with E-state index in [1.165, 1.54) is 33.4 Å². The molecule has 0 spiro atoms. The van der Waals surface area contributed by atoms with Crippen molar-refractivity contribution in [3.8, 4) is 0 Å². The molecule has 0 aliphatic heterocycles. The van der Waals surface area contributed by atoms with Crippen molar-refractivity contribution in [3.63, 3.8) is 0 Å². The Morgan fingerprint density at radius 2 is 1.70 bits per heavy atom. The molecule has 0 saturated heterocycles. The number of halogens is 2. The van der Waals surface area contributed by atoms with Crippen molar-refractivity contribution in [1.82, 2.24) is 0 Å². The van der Waals surface area contributed by atoms with Crippen molar-refractivity contribution in [2.75, 3.05) is 0 Å². The van der Waals surface area contributed by atoms with E-state index >= 15 is 0 Å². The van der Waals surface area contributed by atoms with Gasteiger partial charge in [0.05, 0.1) is 0 Å². The molecular weight excluding hydrogens is 265 g/mol. The predicted octanol–water partition coefficient (Wildman–Crippen LogP) is 2.92. The van der Waals surface area contributed by atoms with Gasteiger partial charge in [-0.15, -0.1) is 12.4 Å². The summed E-state index contributed by atoms with van der Waals surface area (Å²) in [5.41, 5.74) is 1.44. The molecule has 0 aliphatic rings. The SMILES string of the molecule is Cl.[Zn][CH2]c1ccc(Br)cc1. The van der Waals surface area contributed by atoms with Crippen LogP contribution in [0.15, 0.2) is 28.7 Å². The molecule has 0 unspecified atom stereocenters. The molecule has 10 heavy (non-hydrogen) atoms. The Balaban J connectivity index is 0.000000810. The first kappa shape index (κ1) is 10.6. The van der Waals surface area contributed by atoms with E-state index in [0.717, 1.165) is 0 Å². The summed E-state index contributed by atoms with van der Waals surface area (Å²) in [5.74, 6) is 0. The third-order valence-corrected chi connectivity index (χ3v) is 2.94. The van der Waals surface area contributed by atoms with Crippen LogP contribution in [0.25, 0.3) is 0 Å². The standard InChI is InChI=1S/C7H6Br.ClH.Zn/c1-6-2-4-7(8)5-3-6;;/h2-5H,1H2;1H;. The fourth-order valence-electron chi connectivity index (χ4n) is 0.651. The summed E-state index contributed by atoms with van der Waals surface area (Å²) in [7, 11) is 0. The van der Waals surface area contributed by atoms with Gasteiger partial charge in [-0.3, -0.25) is 0 Å². The van der Waals surface area contributed by atoms with Crippen molar-refractivity contribution in [3.05, 3.63) is 34.3 Å². The summed E-state index contributed by atoms with van der Waals surface area (Å²) < 4.78 is 1.17. The Hall–Kier alpha value is 0.613. The monoisotopic (exact) mass is 269 g/mol. The molecule has 1 rings (SSSR count). The molecule has 0 bridgehead atoms. The molecule has 1 aromatic rings. The number of benzene rings is 1. The summed E-state index contributed by atoms with van der Waals surface area (Å²) >= 11 is 4.73. The first-order chi connectivity index (χ1) is 4.33. The Labute approximate surface area is 85.6 Å². The number of hydrogen-bond acceptors (Lipinski definition) is 0. The van der Waals surface area contributed by atoms with Gasteiger partial charge in [-0.25, -0.2) is 0 Å². The summed E-state index contributed by atoms with van der Waals surface area (Å²) in [6.07, 6.45) is 0. The fourth-order valence-corrected chi connectivity index (χ4v) is 1.61. The van der Waals surface area contributed by atoms with E-state index in [1.807, 2.05) is 0 Å². The van der Waals surface area contributed by atoms with Gasteiger partial charge in [0.15, 0.2) is 0 Å². The molecule has 1 aromatic carbocycles. The minimum absolute atomic E-state index is 0. The minimum atomic E-state index is 0. The molecule has 0 heterocycles. The van der Waals surface area contributed by atoms with Gasteiger partial charge >= 0.3 is 73.5 Å². The Bertz CT molecular complexity index is 185. The Kier molecular flexibility index (Phi) is 5.61. The molecule has 3 heteroatoms. The normalized spacial score (nSPS) is 8.70. The van der Waals surface area contributed by atoms with Crippen molar-refractivity contribution in [2.24, 2.45) is 0 Å². The van der Waals surface area contributed by atoms with Gasteiger partial charge < -0.3 is 0 Å². The molecule has 0 amide bonds. The van der Waals surface area contributed by atoms with Gasteiger partial charge in [0.2, 0.25) is 0 Å². The van der Waals surface area contributed by atoms with Crippen LogP contribution in [0.3, 0.4) is 0 Å². The third kappa shape index (κ3) is 3.14. The van der Waals surface area contributed by atoms with E-state index in [1.54, 1.807) is 0 Å². The third-order valence-electron chi connectivity index (χ3n) is 1.20. The molecule has 0 fully saturated rings. The van der Waals surface area contributed by atoms with Gasteiger partial charge in [-0.2, -0.15) is 0 Å². The molecular formula is C7H7BrClZn. The average Bonchev–Trinajstić information content (AvgIpc) is 1.90. The van der Waals surface area contributed by atoms with Crippen LogP contribution in [0, 0.1) is 0 Å². The summed E-state index contributed by atoms with van der Waals surface area (Å²) in [6.45, 7) is 0. The second-order valence-electron chi connectivity index (χ2n) is 1.88. The number of rotatable bonds is 1. The number of hydrogen-bond donors (Lipinski definition) is 0. The Morgan fingerprint density at radius 1 is 1.20 bits per heavy atom. The Morgan fingerprint density at radius 3 is 2.10 bits per heavy atom. The average molecular weight is 272 g/mol. The van der Waals surface area contributed by atoms with E-state index in [0.29, 0.717) is 0 Å². The van der Waals surface area contributed by atoms with Crippen LogP contribution in [0.5, 0.6) is 0 Å². The summed E-state index contributed by atoms with van der Waals surface area (Å²) in [5, 5.41) is 1.24. The van der Waals surface area contributed by atoms with Gasteiger partial charge in [-0.05, 0) is 0 Å². The second-order valence-corrected chi connectivity index (χ2v) is 3.84. The molecule has 51 valence electrons. The maximum absolute atomic E-state index is 3.38. The van der Waals surface area contributed by atoms with Crippen molar-refractivity contribution in [1.29, 1.82) is 0 Å². The van der Waals surface area contributed by atoms with Crippen LogP contribution in [0.2, 0.25) is 0 Å². The first-order valence-corrected chi connectivity index (χ1v) is 5.75. The fraction of sp³-hybridized carbons (Fsp3) is 0.143. The molecule has 0 atom stereocenters. The van der Waals surface area contributed by atoms with Gasteiger partial charge in [-0.1, -0.05) is 0 Å². The van der Waals surface area contributed by atoms with Crippen LogP contribution in [-0.4, -0.2) is 0 Å². The summed E-state index contributed by atoms with van der Waals surface area (Å²) in [4.78, 5) is 0. The van der Waals surface area contributed by atoms with Crippen molar-refractivity contribution in [2.45, 2.75) is 5.02 Å². The zero-order chi connectivity index (χ0) is 6.69. The van der Waals surface area contributed by atoms with E-state index in [2.05, 4.69) is 40.2 Å². The van der Waals surface area contributed by atoms with Crippen molar-refractivity contribution < 1.29 is 18.3 Å². The predicted molar refractivity (Wildman–Crippen MR) is 45.1 cm³/mol. The zero-order valence-corrected chi connectivity index (χ0v) is 10.9. The van der Waals surface area contributed by atoms with Crippen LogP contribution in [0.1, 0.15) is 5.56 Å². The molecule has 0 saturated carbocycles. The van der Waals surface area contributed by atoms with Crippen LogP contribution in [0.4, 0.5) is 0 Å². The van der Waals surface area contributed by atoms with E-state index in [-0.39, 0.29) is 12.4 Å². The quantitative estimate of drug-likeness (QED) is 0.689. The molecule has 0 aliphatic carbocycles. The van der Waals surface area contributed by atoms with Crippen LogP contribution in [-0.2, 0) is 23.3 Å².